The van der Waals surface area contributed by atoms with Gasteiger partial charge >= 0.3 is 6.09 Å². The monoisotopic (exact) mass is 345 g/mol. The van der Waals surface area contributed by atoms with E-state index in [9.17, 15) is 4.79 Å². The first-order valence-corrected chi connectivity index (χ1v) is 9.44. The second-order valence-electron chi connectivity index (χ2n) is 7.61. The standard InChI is InChI=1S/C20H31N3O2/c1-21-14-10-20(11-15-21,17-23-12-6-7-13-23)22(2)19(24)25-16-18-8-4-3-5-9-18/h3-5,8-9H,6-7,10-17H2,1-2H3. The van der Waals surface area contributed by atoms with Gasteiger partial charge in [0.15, 0.2) is 0 Å². The van der Waals surface area contributed by atoms with Crippen molar-refractivity contribution in [1.82, 2.24) is 14.7 Å². The molecule has 0 bridgehead atoms. The molecule has 0 atom stereocenters. The van der Waals surface area contributed by atoms with Crippen LogP contribution in [0.3, 0.4) is 0 Å². The van der Waals surface area contributed by atoms with E-state index in [1.807, 2.05) is 42.3 Å². The Morgan fingerprint density at radius 2 is 1.76 bits per heavy atom. The van der Waals surface area contributed by atoms with Gasteiger partial charge in [0.25, 0.3) is 0 Å². The molecule has 2 saturated heterocycles. The van der Waals surface area contributed by atoms with Gasteiger partial charge in [0, 0.05) is 26.7 Å². The lowest BCUT2D eigenvalue weighted by Crippen LogP contribution is -2.60. The third kappa shape index (κ3) is 4.53. The van der Waals surface area contributed by atoms with Crippen LogP contribution >= 0.6 is 0 Å². The van der Waals surface area contributed by atoms with Crippen molar-refractivity contribution >= 4 is 6.09 Å². The lowest BCUT2D eigenvalue weighted by atomic mass is 9.85. The first-order valence-electron chi connectivity index (χ1n) is 9.44. The van der Waals surface area contributed by atoms with Crippen molar-refractivity contribution in [3.63, 3.8) is 0 Å². The fourth-order valence-electron chi connectivity index (χ4n) is 4.00. The number of hydrogen-bond acceptors (Lipinski definition) is 4. The number of benzene rings is 1. The van der Waals surface area contributed by atoms with Gasteiger partial charge in [0.2, 0.25) is 0 Å². The van der Waals surface area contributed by atoms with E-state index < -0.39 is 0 Å². The van der Waals surface area contributed by atoms with Crippen LogP contribution in [0.1, 0.15) is 31.2 Å². The molecule has 0 spiro atoms. The summed E-state index contributed by atoms with van der Waals surface area (Å²) >= 11 is 0. The summed E-state index contributed by atoms with van der Waals surface area (Å²) in [6, 6.07) is 9.89. The molecule has 2 fully saturated rings. The average Bonchev–Trinajstić information content (AvgIpc) is 3.15. The maximum Gasteiger partial charge on any atom is 0.410 e. The fourth-order valence-corrected chi connectivity index (χ4v) is 4.00. The Balaban J connectivity index is 1.65. The van der Waals surface area contributed by atoms with Crippen molar-refractivity contribution in [2.75, 3.05) is 46.8 Å². The molecule has 2 aliphatic rings. The van der Waals surface area contributed by atoms with E-state index in [1.54, 1.807) is 0 Å². The van der Waals surface area contributed by atoms with Crippen LogP contribution in [0.2, 0.25) is 0 Å². The third-order valence-electron chi connectivity index (χ3n) is 5.82. The molecule has 2 aliphatic heterocycles. The van der Waals surface area contributed by atoms with Gasteiger partial charge in [-0.2, -0.15) is 0 Å². The van der Waals surface area contributed by atoms with Crippen LogP contribution in [0.4, 0.5) is 4.79 Å². The molecule has 5 heteroatoms. The minimum absolute atomic E-state index is 0.107. The molecule has 1 amide bonds. The molecule has 0 aliphatic carbocycles. The van der Waals surface area contributed by atoms with Crippen LogP contribution in [0.25, 0.3) is 0 Å². The Morgan fingerprint density at radius 1 is 1.12 bits per heavy atom. The zero-order valence-electron chi connectivity index (χ0n) is 15.6. The van der Waals surface area contributed by atoms with E-state index in [2.05, 4.69) is 16.8 Å². The molecule has 25 heavy (non-hydrogen) atoms. The van der Waals surface area contributed by atoms with E-state index in [0.29, 0.717) is 6.61 Å². The highest BCUT2D eigenvalue weighted by Gasteiger charge is 2.42. The molecule has 0 unspecified atom stereocenters. The van der Waals surface area contributed by atoms with Crippen LogP contribution in [-0.4, -0.2) is 73.2 Å². The predicted molar refractivity (Wildman–Crippen MR) is 99.5 cm³/mol. The Bertz CT molecular complexity index is 549. The topological polar surface area (TPSA) is 36.0 Å². The Morgan fingerprint density at radius 3 is 2.40 bits per heavy atom. The van der Waals surface area contributed by atoms with Crippen molar-refractivity contribution in [2.24, 2.45) is 0 Å². The molecule has 138 valence electrons. The SMILES string of the molecule is CN1CCC(CN2CCCC2)(N(C)C(=O)OCc2ccccc2)CC1. The first-order chi connectivity index (χ1) is 12.1. The summed E-state index contributed by atoms with van der Waals surface area (Å²) in [6.45, 7) is 5.69. The molecule has 3 rings (SSSR count). The molecule has 1 aromatic rings. The molecule has 2 heterocycles. The highest BCUT2D eigenvalue weighted by Crippen LogP contribution is 2.30. The zero-order valence-corrected chi connectivity index (χ0v) is 15.6. The fraction of sp³-hybridized carbons (Fsp3) is 0.650. The Kier molecular flexibility index (Phi) is 5.97. The second kappa shape index (κ2) is 8.19. The molecule has 0 radical (unpaired) electrons. The maximum absolute atomic E-state index is 12.7. The molecular formula is C20H31N3O2. The summed E-state index contributed by atoms with van der Waals surface area (Å²) in [5, 5.41) is 0. The van der Waals surface area contributed by atoms with Gasteiger partial charge in [-0.15, -0.1) is 0 Å². The van der Waals surface area contributed by atoms with Gasteiger partial charge in [-0.05, 0) is 51.4 Å². The molecule has 0 aromatic heterocycles. The number of amides is 1. The summed E-state index contributed by atoms with van der Waals surface area (Å²) in [4.78, 5) is 19.5. The van der Waals surface area contributed by atoms with Crippen molar-refractivity contribution in [2.45, 2.75) is 37.8 Å². The maximum atomic E-state index is 12.7. The number of likely N-dealkylation sites (N-methyl/N-ethyl adjacent to an activating group) is 1. The second-order valence-corrected chi connectivity index (χ2v) is 7.61. The summed E-state index contributed by atoms with van der Waals surface area (Å²) in [6.07, 6.45) is 4.37. The van der Waals surface area contributed by atoms with Crippen LogP contribution in [-0.2, 0) is 11.3 Å². The highest BCUT2D eigenvalue weighted by molar-refractivity contribution is 5.68. The van der Waals surface area contributed by atoms with E-state index in [0.717, 1.165) is 51.1 Å². The predicted octanol–water partition coefficient (Wildman–Crippen LogP) is 2.82. The number of ether oxygens (including phenoxy) is 1. The Hall–Kier alpha value is -1.59. The normalized spacial score (nSPS) is 21.2. The minimum Gasteiger partial charge on any atom is -0.445 e. The smallest absolute Gasteiger partial charge is 0.410 e. The van der Waals surface area contributed by atoms with Crippen molar-refractivity contribution in [3.8, 4) is 0 Å². The molecule has 0 N–H and O–H groups in total. The van der Waals surface area contributed by atoms with Crippen molar-refractivity contribution < 1.29 is 9.53 Å². The largest absolute Gasteiger partial charge is 0.445 e. The highest BCUT2D eigenvalue weighted by atomic mass is 16.6. The summed E-state index contributed by atoms with van der Waals surface area (Å²) in [7, 11) is 4.09. The van der Waals surface area contributed by atoms with Crippen LogP contribution in [0.15, 0.2) is 30.3 Å². The zero-order chi connectivity index (χ0) is 17.7. The average molecular weight is 345 g/mol. The van der Waals surface area contributed by atoms with E-state index in [1.165, 1.54) is 12.8 Å². The van der Waals surface area contributed by atoms with Gasteiger partial charge < -0.3 is 19.4 Å². The number of carbonyl (C=O) groups is 1. The van der Waals surface area contributed by atoms with E-state index >= 15 is 0 Å². The van der Waals surface area contributed by atoms with Crippen LogP contribution in [0.5, 0.6) is 0 Å². The quantitative estimate of drug-likeness (QED) is 0.822. The molecular weight excluding hydrogens is 314 g/mol. The summed E-state index contributed by atoms with van der Waals surface area (Å²) < 4.78 is 5.61. The number of hydrogen-bond donors (Lipinski definition) is 0. The van der Waals surface area contributed by atoms with Gasteiger partial charge in [-0.1, -0.05) is 30.3 Å². The molecule has 0 saturated carbocycles. The molecule has 5 nitrogen and oxygen atoms in total. The van der Waals surface area contributed by atoms with Gasteiger partial charge in [0.1, 0.15) is 6.61 Å². The lowest BCUT2D eigenvalue weighted by Gasteiger charge is -2.47. The van der Waals surface area contributed by atoms with Crippen LogP contribution < -0.4 is 0 Å². The summed E-state index contributed by atoms with van der Waals surface area (Å²) in [5.41, 5.74) is 0.922. The molecule has 1 aromatic carbocycles. The number of nitrogens with zero attached hydrogens (tertiary/aromatic N) is 3. The van der Waals surface area contributed by atoms with Crippen molar-refractivity contribution in [3.05, 3.63) is 35.9 Å². The number of rotatable bonds is 5. The first kappa shape index (κ1) is 18.2. The summed E-state index contributed by atoms with van der Waals surface area (Å²) in [5.74, 6) is 0. The number of piperidine rings is 1. The van der Waals surface area contributed by atoms with E-state index in [-0.39, 0.29) is 11.6 Å². The van der Waals surface area contributed by atoms with Crippen molar-refractivity contribution in [1.29, 1.82) is 0 Å². The third-order valence-corrected chi connectivity index (χ3v) is 5.82. The lowest BCUT2D eigenvalue weighted by molar-refractivity contribution is 0.0105. The van der Waals surface area contributed by atoms with Crippen LogP contribution in [0, 0.1) is 0 Å². The number of likely N-dealkylation sites (tertiary alicyclic amines) is 2. The van der Waals surface area contributed by atoms with Gasteiger partial charge in [0.05, 0.1) is 5.54 Å². The number of carbonyl (C=O) groups excluding carboxylic acids is 1. The van der Waals surface area contributed by atoms with E-state index in [4.69, 9.17) is 4.74 Å². The van der Waals surface area contributed by atoms with Gasteiger partial charge in [-0.25, -0.2) is 4.79 Å². The van der Waals surface area contributed by atoms with Gasteiger partial charge in [-0.3, -0.25) is 0 Å². The minimum atomic E-state index is -0.201. The Labute approximate surface area is 151 Å².